The lowest BCUT2D eigenvalue weighted by molar-refractivity contribution is -0.117. The molecule has 0 spiro atoms. The van der Waals surface area contributed by atoms with E-state index in [4.69, 9.17) is 11.6 Å². The number of carbonyl (C=O) groups excluding carboxylic acids is 1. The molecule has 0 saturated carbocycles. The lowest BCUT2D eigenvalue weighted by atomic mass is 10.0. The molecule has 124 valence electrons. The highest BCUT2D eigenvalue weighted by molar-refractivity contribution is 5.79. The fraction of sp³-hybridized carbons (Fsp3) is 0.882. The summed E-state index contributed by atoms with van der Waals surface area (Å²) in [5, 5.41) is 3.47. The summed E-state index contributed by atoms with van der Waals surface area (Å²) in [5.41, 5.74) is 5.54. The quantitative estimate of drug-likeness (QED) is 0.156. The third-order valence-corrected chi connectivity index (χ3v) is 3.88. The topological polar surface area (TPSA) is 81.5 Å². The van der Waals surface area contributed by atoms with Crippen LogP contribution in [0.3, 0.4) is 0 Å². The summed E-state index contributed by atoms with van der Waals surface area (Å²) in [5.74, 6) is 5.98. The highest BCUT2D eigenvalue weighted by atomic mass is 16.1. The van der Waals surface area contributed by atoms with E-state index in [9.17, 15) is 4.79 Å². The van der Waals surface area contributed by atoms with Crippen LogP contribution in [0.15, 0.2) is 5.10 Å². The Morgan fingerprint density at radius 2 is 1.05 bits per heavy atom. The number of carbonyl (C=O) groups is 1. The number of hydrazone groups is 1. The fourth-order valence-electron chi connectivity index (χ4n) is 2.51. The Bertz CT molecular complexity index is 277. The third kappa shape index (κ3) is 16.9. The maximum atomic E-state index is 10.8. The Kier molecular flexibility index (Phi) is 14.6. The number of amidine groups is 1. The van der Waals surface area contributed by atoms with E-state index in [1.165, 1.54) is 64.2 Å². The summed E-state index contributed by atoms with van der Waals surface area (Å²) < 4.78 is 0. The van der Waals surface area contributed by atoms with E-state index in [1.54, 1.807) is 6.92 Å². The molecular weight excluding hydrogens is 262 g/mol. The Morgan fingerprint density at radius 1 is 0.714 bits per heavy atom. The number of nitrogens with two attached hydrogens (primary N) is 2. The van der Waals surface area contributed by atoms with Crippen molar-refractivity contribution in [3.05, 3.63) is 0 Å². The van der Waals surface area contributed by atoms with Gasteiger partial charge in [-0.25, -0.2) is 0 Å². The van der Waals surface area contributed by atoms with Crippen molar-refractivity contribution in [3.63, 3.8) is 0 Å². The molecule has 4 N–H and O–H groups in total. The minimum atomic E-state index is 0.327. The van der Waals surface area contributed by atoms with Gasteiger partial charge in [0.05, 0.1) is 0 Å². The molecule has 4 nitrogen and oxygen atoms in total. The van der Waals surface area contributed by atoms with Crippen molar-refractivity contribution in [2.45, 2.75) is 96.8 Å². The van der Waals surface area contributed by atoms with Crippen molar-refractivity contribution in [1.82, 2.24) is 0 Å². The smallest absolute Gasteiger partial charge is 0.129 e. The molecule has 0 radical (unpaired) electrons. The second-order valence-electron chi connectivity index (χ2n) is 6.07. The van der Waals surface area contributed by atoms with Crippen molar-refractivity contribution < 1.29 is 4.79 Å². The van der Waals surface area contributed by atoms with Gasteiger partial charge in [-0.3, -0.25) is 0 Å². The van der Waals surface area contributed by atoms with E-state index in [0.29, 0.717) is 11.6 Å². The van der Waals surface area contributed by atoms with E-state index in [0.717, 1.165) is 25.7 Å². The van der Waals surface area contributed by atoms with Gasteiger partial charge in [0.1, 0.15) is 11.6 Å². The van der Waals surface area contributed by atoms with Gasteiger partial charge in [-0.05, 0) is 19.8 Å². The van der Waals surface area contributed by atoms with Crippen LogP contribution >= 0.6 is 0 Å². The van der Waals surface area contributed by atoms with Crippen molar-refractivity contribution in [1.29, 1.82) is 0 Å². The van der Waals surface area contributed by atoms with Gasteiger partial charge in [-0.2, -0.15) is 5.10 Å². The van der Waals surface area contributed by atoms with Crippen LogP contribution in [0.4, 0.5) is 0 Å². The van der Waals surface area contributed by atoms with Crippen molar-refractivity contribution in [2.24, 2.45) is 16.7 Å². The average molecular weight is 297 g/mol. The Hall–Kier alpha value is -1.06. The average Bonchev–Trinajstić information content (AvgIpc) is 2.46. The highest BCUT2D eigenvalue weighted by Crippen LogP contribution is 2.12. The summed E-state index contributed by atoms with van der Waals surface area (Å²) in [6, 6.07) is 0. The first-order valence-electron chi connectivity index (χ1n) is 8.68. The van der Waals surface area contributed by atoms with Gasteiger partial charge in [0.25, 0.3) is 0 Å². The molecule has 0 bridgehead atoms. The number of ketones is 1. The molecule has 0 fully saturated rings. The van der Waals surface area contributed by atoms with Crippen LogP contribution in [0.1, 0.15) is 96.8 Å². The van der Waals surface area contributed by atoms with Crippen molar-refractivity contribution >= 4 is 11.6 Å². The lowest BCUT2D eigenvalue weighted by Crippen LogP contribution is -2.13. The van der Waals surface area contributed by atoms with Gasteiger partial charge in [-0.1, -0.05) is 64.2 Å². The van der Waals surface area contributed by atoms with Gasteiger partial charge in [0.2, 0.25) is 0 Å². The van der Waals surface area contributed by atoms with Gasteiger partial charge in [0.15, 0.2) is 0 Å². The number of hydrogen-bond donors (Lipinski definition) is 2. The summed E-state index contributed by atoms with van der Waals surface area (Å²) in [6.07, 6.45) is 16.9. The summed E-state index contributed by atoms with van der Waals surface area (Å²) in [4.78, 5) is 10.8. The fourth-order valence-corrected chi connectivity index (χ4v) is 2.51. The minimum absolute atomic E-state index is 0.327. The van der Waals surface area contributed by atoms with Crippen molar-refractivity contribution in [2.75, 3.05) is 0 Å². The monoisotopic (exact) mass is 297 g/mol. The van der Waals surface area contributed by atoms with Crippen molar-refractivity contribution in [3.8, 4) is 0 Å². The summed E-state index contributed by atoms with van der Waals surface area (Å²) >= 11 is 0. The van der Waals surface area contributed by atoms with Crippen LogP contribution in [0.25, 0.3) is 0 Å². The zero-order chi connectivity index (χ0) is 15.8. The van der Waals surface area contributed by atoms with Gasteiger partial charge in [-0.15, -0.1) is 0 Å². The zero-order valence-electron chi connectivity index (χ0n) is 13.9. The van der Waals surface area contributed by atoms with Gasteiger partial charge in [0, 0.05) is 12.8 Å². The number of nitrogens with zero attached hydrogens (tertiary/aromatic N) is 1. The molecule has 0 aromatic rings. The van der Waals surface area contributed by atoms with Crippen LogP contribution in [0.5, 0.6) is 0 Å². The van der Waals surface area contributed by atoms with Gasteiger partial charge < -0.3 is 16.4 Å². The highest BCUT2D eigenvalue weighted by Gasteiger charge is 1.96. The maximum absolute atomic E-state index is 10.8. The molecule has 4 heteroatoms. The van der Waals surface area contributed by atoms with E-state index in [-0.39, 0.29) is 0 Å². The van der Waals surface area contributed by atoms with Crippen LogP contribution in [0, 0.1) is 0 Å². The van der Waals surface area contributed by atoms with E-state index >= 15 is 0 Å². The second-order valence-corrected chi connectivity index (χ2v) is 6.07. The number of unbranched alkanes of at least 4 members (excludes halogenated alkanes) is 11. The molecule has 21 heavy (non-hydrogen) atoms. The Morgan fingerprint density at radius 3 is 1.38 bits per heavy atom. The molecule has 0 aliphatic rings. The predicted octanol–water partition coefficient (Wildman–Crippen LogP) is 4.27. The maximum Gasteiger partial charge on any atom is 0.129 e. The van der Waals surface area contributed by atoms with E-state index < -0.39 is 0 Å². The van der Waals surface area contributed by atoms with E-state index in [2.05, 4.69) is 5.10 Å². The number of rotatable bonds is 15. The molecule has 0 aromatic heterocycles. The minimum Gasteiger partial charge on any atom is -0.386 e. The normalized spacial score (nSPS) is 11.8. The molecular formula is C17H35N3O. The summed E-state index contributed by atoms with van der Waals surface area (Å²) in [7, 11) is 0. The standard InChI is InChI=1S/C17H35N3O/c1-16(21)14-12-10-8-6-4-2-3-5-7-9-11-13-15-17(18)20-19/h2-15,19H2,1H3,(H2,18,20). The van der Waals surface area contributed by atoms with Gasteiger partial charge >= 0.3 is 0 Å². The third-order valence-electron chi connectivity index (χ3n) is 3.88. The lowest BCUT2D eigenvalue weighted by Gasteiger charge is -2.03. The Labute approximate surface area is 130 Å². The van der Waals surface area contributed by atoms with Crippen LogP contribution < -0.4 is 11.6 Å². The molecule has 0 unspecified atom stereocenters. The first-order chi connectivity index (χ1) is 10.2. The molecule has 0 aromatic carbocycles. The van der Waals surface area contributed by atoms with Crippen LogP contribution in [-0.4, -0.2) is 11.6 Å². The molecule has 0 saturated heterocycles. The zero-order valence-corrected chi connectivity index (χ0v) is 13.9. The molecule has 0 amide bonds. The van der Waals surface area contributed by atoms with Crippen LogP contribution in [-0.2, 0) is 4.79 Å². The predicted molar refractivity (Wildman–Crippen MR) is 91.1 cm³/mol. The molecule has 0 heterocycles. The number of Topliss-reactive ketones (excluding diaryl/α,β-unsaturated/α-hetero) is 1. The first-order valence-corrected chi connectivity index (χ1v) is 8.68. The number of hydrogen-bond acceptors (Lipinski definition) is 3. The largest absolute Gasteiger partial charge is 0.386 e. The summed E-state index contributed by atoms with van der Waals surface area (Å²) in [6.45, 7) is 1.68. The molecule has 0 aliphatic heterocycles. The molecule has 0 atom stereocenters. The molecule has 0 aliphatic carbocycles. The second kappa shape index (κ2) is 15.3. The SMILES string of the molecule is CC(=O)CCCCCCCCCCCCCCC(N)=NN. The van der Waals surface area contributed by atoms with Crippen LogP contribution in [0.2, 0.25) is 0 Å². The Balaban J connectivity index is 3.04. The first kappa shape index (κ1) is 19.9. The molecule has 0 rings (SSSR count). The van der Waals surface area contributed by atoms with E-state index in [1.807, 2.05) is 0 Å².